The molecule has 1 atom stereocenters. The first-order valence-electron chi connectivity index (χ1n) is 10.7. The van der Waals surface area contributed by atoms with E-state index >= 15 is 0 Å². The molecular formula is C25H26N4O3S. The van der Waals surface area contributed by atoms with Gasteiger partial charge in [0, 0.05) is 27.4 Å². The van der Waals surface area contributed by atoms with E-state index in [0.29, 0.717) is 5.95 Å². The Morgan fingerprint density at radius 3 is 2.52 bits per heavy atom. The fourth-order valence-electron chi connectivity index (χ4n) is 3.66. The van der Waals surface area contributed by atoms with Gasteiger partial charge in [-0.05, 0) is 50.6 Å². The molecule has 1 aromatic carbocycles. The molecule has 2 N–H and O–H groups in total. The molecule has 3 heterocycles. The molecule has 0 radical (unpaired) electrons. The highest BCUT2D eigenvalue weighted by Crippen LogP contribution is 2.40. The van der Waals surface area contributed by atoms with Gasteiger partial charge in [-0.25, -0.2) is 9.97 Å². The number of hydrogen-bond donors (Lipinski definition) is 2. The number of methoxy groups -OCH3 is 1. The summed E-state index contributed by atoms with van der Waals surface area (Å²) >= 11 is 1.54. The number of anilines is 2. The summed E-state index contributed by atoms with van der Waals surface area (Å²) < 4.78 is 10.9. The van der Waals surface area contributed by atoms with Crippen molar-refractivity contribution in [3.63, 3.8) is 0 Å². The number of rotatable bonds is 8. The van der Waals surface area contributed by atoms with E-state index in [-0.39, 0.29) is 17.7 Å². The molecule has 3 aromatic heterocycles. The van der Waals surface area contributed by atoms with Crippen molar-refractivity contribution in [2.45, 2.75) is 33.2 Å². The summed E-state index contributed by atoms with van der Waals surface area (Å²) in [5.74, 6) is 1.20. The van der Waals surface area contributed by atoms with E-state index < -0.39 is 0 Å². The minimum atomic E-state index is -0.356. The number of para-hydroxylation sites is 1. The van der Waals surface area contributed by atoms with Crippen LogP contribution >= 0.6 is 11.3 Å². The average molecular weight is 463 g/mol. The van der Waals surface area contributed by atoms with Crippen LogP contribution in [0.5, 0.6) is 5.75 Å². The van der Waals surface area contributed by atoms with Crippen LogP contribution in [0.25, 0.3) is 0 Å². The Labute approximate surface area is 196 Å². The third-order valence-corrected chi connectivity index (χ3v) is 6.36. The maximum absolute atomic E-state index is 12.8. The zero-order chi connectivity index (χ0) is 23.4. The van der Waals surface area contributed by atoms with Crippen LogP contribution in [-0.2, 0) is 6.42 Å². The van der Waals surface area contributed by atoms with Gasteiger partial charge in [0.2, 0.25) is 5.95 Å². The third kappa shape index (κ3) is 5.06. The fourth-order valence-corrected chi connectivity index (χ4v) is 4.70. The van der Waals surface area contributed by atoms with Crippen molar-refractivity contribution in [3.05, 3.63) is 87.9 Å². The zero-order valence-corrected chi connectivity index (χ0v) is 19.8. The van der Waals surface area contributed by atoms with Crippen molar-refractivity contribution in [3.8, 4) is 5.75 Å². The highest BCUT2D eigenvalue weighted by Gasteiger charge is 2.26. The van der Waals surface area contributed by atoms with Crippen LogP contribution in [0.15, 0.2) is 59.2 Å². The van der Waals surface area contributed by atoms with Crippen LogP contribution in [0.4, 0.5) is 10.9 Å². The van der Waals surface area contributed by atoms with Crippen LogP contribution in [0.2, 0.25) is 0 Å². The molecule has 8 heteroatoms. The number of nitrogens with zero attached hydrogens (tertiary/aromatic N) is 2. The van der Waals surface area contributed by atoms with E-state index in [9.17, 15) is 4.79 Å². The lowest BCUT2D eigenvalue weighted by molar-refractivity contribution is 0.0997. The van der Waals surface area contributed by atoms with Crippen molar-refractivity contribution in [1.29, 1.82) is 0 Å². The van der Waals surface area contributed by atoms with Crippen molar-refractivity contribution in [2.24, 2.45) is 0 Å². The standard InChI is InChI=1S/C25H26N4O3S/c1-5-17-14-19(24(33-17)29-23(30)21-11-8-12-32-21)22(18-9-6-7-10-20(18)31-4)28-25-26-15(2)13-16(3)27-25/h6-14,22H,5H2,1-4H3,(H,29,30)(H,26,27,28)/t22-/m1/s1. The lowest BCUT2D eigenvalue weighted by atomic mass is 9.98. The van der Waals surface area contributed by atoms with Gasteiger partial charge in [0.1, 0.15) is 10.8 Å². The zero-order valence-electron chi connectivity index (χ0n) is 19.0. The molecule has 0 fully saturated rings. The Kier molecular flexibility index (Phi) is 6.74. The van der Waals surface area contributed by atoms with Crippen molar-refractivity contribution >= 4 is 28.2 Å². The molecule has 4 rings (SSSR count). The minimum absolute atomic E-state index is 0.256. The van der Waals surface area contributed by atoms with Crippen molar-refractivity contribution in [1.82, 2.24) is 9.97 Å². The number of aromatic nitrogens is 2. The summed E-state index contributed by atoms with van der Waals surface area (Å²) in [5, 5.41) is 7.25. The maximum atomic E-state index is 12.8. The normalized spacial score (nSPS) is 11.8. The van der Waals surface area contributed by atoms with Gasteiger partial charge in [0.05, 0.1) is 19.4 Å². The van der Waals surface area contributed by atoms with Crippen LogP contribution in [0.3, 0.4) is 0 Å². The fraction of sp³-hybridized carbons (Fsp3) is 0.240. The Hall–Kier alpha value is -3.65. The number of ether oxygens (including phenoxy) is 1. The van der Waals surface area contributed by atoms with Crippen molar-refractivity contribution < 1.29 is 13.9 Å². The smallest absolute Gasteiger partial charge is 0.291 e. The lowest BCUT2D eigenvalue weighted by Crippen LogP contribution is -2.18. The number of hydrogen-bond acceptors (Lipinski definition) is 7. The maximum Gasteiger partial charge on any atom is 0.291 e. The molecule has 1 amide bonds. The molecule has 33 heavy (non-hydrogen) atoms. The van der Waals surface area contributed by atoms with Crippen LogP contribution in [0.1, 0.15) is 50.9 Å². The summed E-state index contributed by atoms with van der Waals surface area (Å²) in [4.78, 5) is 23.1. The SMILES string of the molecule is CCc1cc([C@H](Nc2nc(C)cc(C)n2)c2ccccc2OC)c(NC(=O)c2ccco2)s1. The minimum Gasteiger partial charge on any atom is -0.496 e. The van der Waals surface area contributed by atoms with E-state index in [1.165, 1.54) is 6.26 Å². The second-order valence-electron chi connectivity index (χ2n) is 7.58. The van der Waals surface area contributed by atoms with Gasteiger partial charge in [0.15, 0.2) is 5.76 Å². The first-order chi connectivity index (χ1) is 16.0. The highest BCUT2D eigenvalue weighted by molar-refractivity contribution is 7.16. The lowest BCUT2D eigenvalue weighted by Gasteiger charge is -2.22. The largest absolute Gasteiger partial charge is 0.496 e. The first kappa shape index (κ1) is 22.5. The summed E-state index contributed by atoms with van der Waals surface area (Å²) in [5.41, 5.74) is 3.56. The highest BCUT2D eigenvalue weighted by atomic mass is 32.1. The molecule has 0 aliphatic heterocycles. The molecule has 0 saturated carbocycles. The number of benzene rings is 1. The van der Waals surface area contributed by atoms with Gasteiger partial charge < -0.3 is 19.8 Å². The third-order valence-electron chi connectivity index (χ3n) is 5.15. The first-order valence-corrected chi connectivity index (χ1v) is 11.5. The van der Waals surface area contributed by atoms with Gasteiger partial charge in [-0.1, -0.05) is 25.1 Å². The number of amides is 1. The van der Waals surface area contributed by atoms with Crippen LogP contribution in [-0.4, -0.2) is 23.0 Å². The number of nitrogens with one attached hydrogen (secondary N) is 2. The number of carbonyl (C=O) groups excluding carboxylic acids is 1. The van der Waals surface area contributed by atoms with E-state index in [2.05, 4.69) is 33.6 Å². The van der Waals surface area contributed by atoms with Gasteiger partial charge in [0.25, 0.3) is 5.91 Å². The second kappa shape index (κ2) is 9.87. The summed E-state index contributed by atoms with van der Waals surface area (Å²) in [6, 6.07) is 14.8. The van der Waals surface area contributed by atoms with Crippen molar-refractivity contribution in [2.75, 3.05) is 17.7 Å². The predicted molar refractivity (Wildman–Crippen MR) is 130 cm³/mol. The molecule has 0 aliphatic carbocycles. The van der Waals surface area contributed by atoms with Crippen LogP contribution < -0.4 is 15.4 Å². The Balaban J connectivity index is 1.81. The number of carbonyl (C=O) groups is 1. The summed E-state index contributed by atoms with van der Waals surface area (Å²) in [6.45, 7) is 5.96. The number of aryl methyl sites for hydroxylation is 3. The van der Waals surface area contributed by atoms with Gasteiger partial charge in [-0.15, -0.1) is 11.3 Å². The summed E-state index contributed by atoms with van der Waals surface area (Å²) in [6.07, 6.45) is 2.32. The number of furan rings is 1. The molecular weight excluding hydrogens is 436 g/mol. The van der Waals surface area contributed by atoms with Crippen LogP contribution in [0, 0.1) is 13.8 Å². The molecule has 7 nitrogen and oxygen atoms in total. The second-order valence-corrected chi connectivity index (χ2v) is 8.71. The molecule has 0 spiro atoms. The molecule has 4 aromatic rings. The molecule has 0 saturated heterocycles. The molecule has 170 valence electrons. The summed E-state index contributed by atoms with van der Waals surface area (Å²) in [7, 11) is 1.65. The Morgan fingerprint density at radius 1 is 1.09 bits per heavy atom. The van der Waals surface area contributed by atoms with Gasteiger partial charge >= 0.3 is 0 Å². The predicted octanol–water partition coefficient (Wildman–Crippen LogP) is 5.77. The molecule has 0 unspecified atom stereocenters. The Morgan fingerprint density at radius 2 is 1.85 bits per heavy atom. The monoisotopic (exact) mass is 462 g/mol. The Bertz CT molecular complexity index is 1230. The molecule has 0 bridgehead atoms. The van der Waals surface area contributed by atoms with E-state index in [1.54, 1.807) is 30.6 Å². The van der Waals surface area contributed by atoms with E-state index in [1.807, 2.05) is 44.2 Å². The topological polar surface area (TPSA) is 89.3 Å². The van der Waals surface area contributed by atoms with E-state index in [4.69, 9.17) is 9.15 Å². The van der Waals surface area contributed by atoms with Gasteiger partial charge in [-0.2, -0.15) is 0 Å². The van der Waals surface area contributed by atoms with E-state index in [0.717, 1.165) is 44.6 Å². The van der Waals surface area contributed by atoms with Gasteiger partial charge in [-0.3, -0.25) is 4.79 Å². The molecule has 0 aliphatic rings. The number of thiophene rings is 1. The quantitative estimate of drug-likeness (QED) is 0.345. The average Bonchev–Trinajstić information content (AvgIpc) is 3.47.